The lowest BCUT2D eigenvalue weighted by atomic mass is 10.4. The van der Waals surface area contributed by atoms with Crippen molar-refractivity contribution in [2.24, 2.45) is 0 Å². The van der Waals surface area contributed by atoms with Gasteiger partial charge in [0.1, 0.15) is 4.90 Å². The van der Waals surface area contributed by atoms with E-state index in [1.807, 2.05) is 13.1 Å². The topological polar surface area (TPSA) is 64.0 Å². The number of benzene rings is 1. The predicted molar refractivity (Wildman–Crippen MR) is 90.9 cm³/mol. The summed E-state index contributed by atoms with van der Waals surface area (Å²) in [7, 11) is -3.68. The highest BCUT2D eigenvalue weighted by Gasteiger charge is 2.17. The second kappa shape index (κ2) is 7.31. The molecule has 120 valence electrons. The maximum absolute atomic E-state index is 12.2. The van der Waals surface area contributed by atoms with E-state index < -0.39 is 10.0 Å². The van der Waals surface area contributed by atoms with Crippen LogP contribution >= 0.6 is 39.1 Å². The molecule has 1 aromatic carbocycles. The first kappa shape index (κ1) is 17.7. The van der Waals surface area contributed by atoms with Gasteiger partial charge in [-0.25, -0.2) is 13.1 Å². The number of nitrogens with zero attached hydrogens (tertiary/aromatic N) is 2. The van der Waals surface area contributed by atoms with Gasteiger partial charge in [0.05, 0.1) is 15.2 Å². The molecule has 2 rings (SSSR count). The lowest BCUT2D eigenvalue weighted by molar-refractivity contribution is 0.551. The Morgan fingerprint density at radius 3 is 2.73 bits per heavy atom. The first-order chi connectivity index (χ1) is 10.3. The standard InChI is InChI=1S/C13H14BrCl2N3O2S/c1-9-11(14)8-19(18-9)6-2-5-17-22(20,21)13-7-10(15)3-4-12(13)16/h3-4,7-8,17H,2,5-6H2,1H3. The summed E-state index contributed by atoms with van der Waals surface area (Å²) in [4.78, 5) is -0.0145. The molecule has 1 aromatic heterocycles. The molecule has 0 saturated heterocycles. The Morgan fingerprint density at radius 2 is 2.09 bits per heavy atom. The van der Waals surface area contributed by atoms with E-state index in [0.29, 0.717) is 18.0 Å². The Balaban J connectivity index is 1.94. The third-order valence-corrected chi connectivity index (χ3v) is 5.88. The van der Waals surface area contributed by atoms with E-state index in [1.54, 1.807) is 10.7 Å². The highest BCUT2D eigenvalue weighted by atomic mass is 79.9. The smallest absolute Gasteiger partial charge is 0.242 e. The molecule has 0 fully saturated rings. The number of aryl methyl sites for hydroxylation is 2. The number of rotatable bonds is 6. The maximum Gasteiger partial charge on any atom is 0.242 e. The summed E-state index contributed by atoms with van der Waals surface area (Å²) in [5, 5.41) is 4.75. The molecule has 1 N–H and O–H groups in total. The van der Waals surface area contributed by atoms with E-state index in [9.17, 15) is 8.42 Å². The first-order valence-electron chi connectivity index (χ1n) is 6.44. The van der Waals surface area contributed by atoms with Gasteiger partial charge < -0.3 is 0 Å². The summed E-state index contributed by atoms with van der Waals surface area (Å²) in [6.45, 7) is 2.78. The van der Waals surface area contributed by atoms with Gasteiger partial charge in [-0.15, -0.1) is 0 Å². The van der Waals surface area contributed by atoms with Crippen LogP contribution in [0.3, 0.4) is 0 Å². The molecule has 0 unspecified atom stereocenters. The predicted octanol–water partition coefficient (Wildman–Crippen LogP) is 3.63. The van der Waals surface area contributed by atoms with Crippen LogP contribution in [-0.2, 0) is 16.6 Å². The zero-order valence-corrected chi connectivity index (χ0v) is 15.6. The van der Waals surface area contributed by atoms with Crippen LogP contribution in [-0.4, -0.2) is 24.7 Å². The maximum atomic E-state index is 12.2. The third-order valence-electron chi connectivity index (χ3n) is 2.93. The Hall–Kier alpha value is -0.600. The molecule has 0 saturated carbocycles. The van der Waals surface area contributed by atoms with Crippen LogP contribution in [0.15, 0.2) is 33.8 Å². The summed E-state index contributed by atoms with van der Waals surface area (Å²) in [5.74, 6) is 0. The lowest BCUT2D eigenvalue weighted by Gasteiger charge is -2.08. The van der Waals surface area contributed by atoms with Crippen molar-refractivity contribution in [1.29, 1.82) is 0 Å². The molecule has 22 heavy (non-hydrogen) atoms. The number of aromatic nitrogens is 2. The Morgan fingerprint density at radius 1 is 1.36 bits per heavy atom. The van der Waals surface area contributed by atoms with Gasteiger partial charge in [-0.05, 0) is 47.5 Å². The Labute approximate surface area is 147 Å². The molecule has 5 nitrogen and oxygen atoms in total. The lowest BCUT2D eigenvalue weighted by Crippen LogP contribution is -2.26. The van der Waals surface area contributed by atoms with E-state index in [-0.39, 0.29) is 16.5 Å². The average Bonchev–Trinajstić information content (AvgIpc) is 2.76. The minimum Gasteiger partial charge on any atom is -0.271 e. The van der Waals surface area contributed by atoms with Crippen molar-refractivity contribution in [1.82, 2.24) is 14.5 Å². The van der Waals surface area contributed by atoms with Crippen molar-refractivity contribution in [2.75, 3.05) is 6.54 Å². The molecule has 0 amide bonds. The zero-order valence-electron chi connectivity index (χ0n) is 11.7. The van der Waals surface area contributed by atoms with Gasteiger partial charge in [0, 0.05) is 24.3 Å². The SMILES string of the molecule is Cc1nn(CCCNS(=O)(=O)c2cc(Cl)ccc2Cl)cc1Br. The first-order valence-corrected chi connectivity index (χ1v) is 9.47. The molecular formula is C13H14BrCl2N3O2S. The summed E-state index contributed by atoms with van der Waals surface area (Å²) < 4.78 is 29.6. The van der Waals surface area contributed by atoms with Gasteiger partial charge in [-0.1, -0.05) is 23.2 Å². The van der Waals surface area contributed by atoms with Gasteiger partial charge in [0.15, 0.2) is 0 Å². The van der Waals surface area contributed by atoms with E-state index in [4.69, 9.17) is 23.2 Å². The van der Waals surface area contributed by atoms with Crippen LogP contribution in [0.1, 0.15) is 12.1 Å². The summed E-state index contributed by atoms with van der Waals surface area (Å²) in [5.41, 5.74) is 0.895. The Bertz CT molecular complexity index is 758. The largest absolute Gasteiger partial charge is 0.271 e. The minimum atomic E-state index is -3.68. The van der Waals surface area contributed by atoms with E-state index in [2.05, 4.69) is 25.8 Å². The number of hydrogen-bond donors (Lipinski definition) is 1. The van der Waals surface area contributed by atoms with Crippen LogP contribution in [0.5, 0.6) is 0 Å². The quantitative estimate of drug-likeness (QED) is 0.717. The van der Waals surface area contributed by atoms with Crippen molar-refractivity contribution in [3.63, 3.8) is 0 Å². The van der Waals surface area contributed by atoms with Crippen LogP contribution in [0.4, 0.5) is 0 Å². The van der Waals surface area contributed by atoms with Crippen molar-refractivity contribution in [2.45, 2.75) is 24.8 Å². The second-order valence-corrected chi connectivity index (χ2v) is 8.08. The van der Waals surface area contributed by atoms with Crippen LogP contribution in [0, 0.1) is 6.92 Å². The molecule has 0 aliphatic heterocycles. The van der Waals surface area contributed by atoms with Gasteiger partial charge in [0.25, 0.3) is 0 Å². The van der Waals surface area contributed by atoms with Crippen molar-refractivity contribution >= 4 is 49.2 Å². The summed E-state index contributed by atoms with van der Waals surface area (Å²) in [6, 6.07) is 4.34. The fourth-order valence-electron chi connectivity index (χ4n) is 1.82. The van der Waals surface area contributed by atoms with E-state index in [1.165, 1.54) is 12.1 Å². The van der Waals surface area contributed by atoms with Crippen molar-refractivity contribution < 1.29 is 8.42 Å². The summed E-state index contributed by atoms with van der Waals surface area (Å²) >= 11 is 15.1. The Kier molecular flexibility index (Phi) is 5.90. The molecule has 0 radical (unpaired) electrons. The molecule has 9 heteroatoms. The monoisotopic (exact) mass is 425 g/mol. The summed E-state index contributed by atoms with van der Waals surface area (Å²) in [6.07, 6.45) is 2.46. The van der Waals surface area contributed by atoms with Gasteiger partial charge in [0.2, 0.25) is 10.0 Å². The van der Waals surface area contributed by atoms with Gasteiger partial charge >= 0.3 is 0 Å². The van der Waals surface area contributed by atoms with Crippen LogP contribution in [0.25, 0.3) is 0 Å². The average molecular weight is 427 g/mol. The van der Waals surface area contributed by atoms with Crippen LogP contribution < -0.4 is 4.72 Å². The molecule has 0 aliphatic rings. The number of nitrogens with one attached hydrogen (secondary N) is 1. The van der Waals surface area contributed by atoms with Gasteiger partial charge in [-0.2, -0.15) is 5.10 Å². The molecule has 0 aliphatic carbocycles. The fraction of sp³-hybridized carbons (Fsp3) is 0.308. The van der Waals surface area contributed by atoms with Crippen LogP contribution in [0.2, 0.25) is 10.0 Å². The molecule has 1 heterocycles. The highest BCUT2D eigenvalue weighted by Crippen LogP contribution is 2.24. The molecular weight excluding hydrogens is 413 g/mol. The molecule has 0 atom stereocenters. The van der Waals surface area contributed by atoms with E-state index in [0.717, 1.165) is 10.2 Å². The molecule has 0 bridgehead atoms. The molecule has 0 spiro atoms. The molecule has 2 aromatic rings. The number of hydrogen-bond acceptors (Lipinski definition) is 3. The second-order valence-electron chi connectivity index (χ2n) is 4.65. The van der Waals surface area contributed by atoms with E-state index >= 15 is 0 Å². The zero-order chi connectivity index (χ0) is 16.3. The minimum absolute atomic E-state index is 0.0145. The third kappa shape index (κ3) is 4.45. The number of sulfonamides is 1. The van der Waals surface area contributed by atoms with Crippen molar-refractivity contribution in [3.8, 4) is 0 Å². The van der Waals surface area contributed by atoms with Crippen molar-refractivity contribution in [3.05, 3.63) is 44.6 Å². The van der Waals surface area contributed by atoms with Gasteiger partial charge in [-0.3, -0.25) is 4.68 Å². The normalized spacial score (nSPS) is 11.8. The highest BCUT2D eigenvalue weighted by molar-refractivity contribution is 9.10. The fourth-order valence-corrected chi connectivity index (χ4v) is 3.97. The number of halogens is 3.